The van der Waals surface area contributed by atoms with Gasteiger partial charge in [0.25, 0.3) is 10.0 Å². The van der Waals surface area contributed by atoms with E-state index in [-0.39, 0.29) is 21.3 Å². The van der Waals surface area contributed by atoms with Gasteiger partial charge in [-0.3, -0.25) is 9.10 Å². The van der Waals surface area contributed by atoms with Gasteiger partial charge < -0.3 is 5.32 Å². The molecule has 0 bridgehead atoms. The minimum Gasteiger partial charge on any atom is -0.324 e. The van der Waals surface area contributed by atoms with Gasteiger partial charge >= 0.3 is 0 Å². The quantitative estimate of drug-likeness (QED) is 0.544. The number of nitrogens with one attached hydrogen (secondary N) is 1. The highest BCUT2D eigenvalue weighted by Gasteiger charge is 2.27. The molecule has 0 radical (unpaired) electrons. The molecule has 5 nitrogen and oxygen atoms in total. The molecule has 0 atom stereocenters. The van der Waals surface area contributed by atoms with Crippen LogP contribution in [-0.2, 0) is 14.8 Å². The normalized spacial score (nSPS) is 11.2. The predicted octanol–water partition coefficient (Wildman–Crippen LogP) is 5.11. The molecule has 0 spiro atoms. The maximum absolute atomic E-state index is 13.4. The Morgan fingerprint density at radius 2 is 1.60 bits per heavy atom. The molecule has 3 aromatic rings. The van der Waals surface area contributed by atoms with Crippen LogP contribution in [-0.4, -0.2) is 20.9 Å². The molecular formula is C20H14Cl2F2N2O3S. The number of hydrogen-bond acceptors (Lipinski definition) is 3. The van der Waals surface area contributed by atoms with Crippen LogP contribution in [0.2, 0.25) is 10.0 Å². The summed E-state index contributed by atoms with van der Waals surface area (Å²) in [7, 11) is -4.17. The average Bonchev–Trinajstić information content (AvgIpc) is 2.69. The van der Waals surface area contributed by atoms with Crippen LogP contribution < -0.4 is 9.62 Å². The summed E-state index contributed by atoms with van der Waals surface area (Å²) in [6.07, 6.45) is 0. The second kappa shape index (κ2) is 8.99. The molecule has 156 valence electrons. The lowest BCUT2D eigenvalue weighted by molar-refractivity contribution is -0.114. The molecular weight excluding hydrogens is 457 g/mol. The average molecular weight is 471 g/mol. The molecule has 0 heterocycles. The van der Waals surface area contributed by atoms with Gasteiger partial charge in [0.05, 0.1) is 10.6 Å². The highest BCUT2D eigenvalue weighted by molar-refractivity contribution is 7.92. The zero-order chi connectivity index (χ0) is 21.9. The van der Waals surface area contributed by atoms with Crippen molar-refractivity contribution in [2.75, 3.05) is 16.2 Å². The molecule has 0 fully saturated rings. The monoisotopic (exact) mass is 470 g/mol. The number of carbonyl (C=O) groups is 1. The van der Waals surface area contributed by atoms with Gasteiger partial charge in [0.1, 0.15) is 6.54 Å². The maximum Gasteiger partial charge on any atom is 0.264 e. The first-order chi connectivity index (χ1) is 14.2. The summed E-state index contributed by atoms with van der Waals surface area (Å²) < 4.78 is 53.7. The molecule has 0 aliphatic heterocycles. The SMILES string of the molecule is O=C(CN(c1cccc(Cl)c1)S(=O)(=O)c1ccc(Cl)cc1)Nc1ccc(F)c(F)c1. The molecule has 0 aliphatic rings. The molecule has 30 heavy (non-hydrogen) atoms. The summed E-state index contributed by atoms with van der Waals surface area (Å²) in [5, 5.41) is 2.97. The van der Waals surface area contributed by atoms with Crippen LogP contribution in [0.25, 0.3) is 0 Å². The molecule has 0 saturated heterocycles. The lowest BCUT2D eigenvalue weighted by Gasteiger charge is -2.24. The van der Waals surface area contributed by atoms with Gasteiger partial charge in [-0.25, -0.2) is 17.2 Å². The van der Waals surface area contributed by atoms with E-state index >= 15 is 0 Å². The molecule has 0 saturated carbocycles. The maximum atomic E-state index is 13.4. The summed E-state index contributed by atoms with van der Waals surface area (Å²) >= 11 is 11.8. The van der Waals surface area contributed by atoms with E-state index in [4.69, 9.17) is 23.2 Å². The Morgan fingerprint density at radius 1 is 0.900 bits per heavy atom. The number of halogens is 4. The molecule has 1 N–H and O–H groups in total. The van der Waals surface area contributed by atoms with Crippen LogP contribution in [0, 0.1) is 11.6 Å². The van der Waals surface area contributed by atoms with E-state index in [1.807, 2.05) is 0 Å². The molecule has 3 aromatic carbocycles. The van der Waals surface area contributed by atoms with Crippen molar-refractivity contribution in [3.63, 3.8) is 0 Å². The van der Waals surface area contributed by atoms with Gasteiger partial charge in [-0.2, -0.15) is 0 Å². The molecule has 0 aliphatic carbocycles. The van der Waals surface area contributed by atoms with Gasteiger partial charge in [0.15, 0.2) is 11.6 Å². The fourth-order valence-electron chi connectivity index (χ4n) is 2.58. The fourth-order valence-corrected chi connectivity index (χ4v) is 4.31. The second-order valence-electron chi connectivity index (χ2n) is 6.12. The third-order valence-corrected chi connectivity index (χ3v) is 6.26. The van der Waals surface area contributed by atoms with Gasteiger partial charge in [-0.1, -0.05) is 29.3 Å². The third kappa shape index (κ3) is 5.08. The Bertz CT molecular complexity index is 1190. The van der Waals surface area contributed by atoms with Crippen LogP contribution in [0.3, 0.4) is 0 Å². The van der Waals surface area contributed by atoms with E-state index in [9.17, 15) is 22.0 Å². The summed E-state index contributed by atoms with van der Waals surface area (Å²) in [5.41, 5.74) is 0.131. The molecule has 3 rings (SSSR count). The lowest BCUT2D eigenvalue weighted by atomic mass is 10.3. The molecule has 1 amide bonds. The zero-order valence-electron chi connectivity index (χ0n) is 15.2. The van der Waals surface area contributed by atoms with Crippen LogP contribution >= 0.6 is 23.2 Å². The van der Waals surface area contributed by atoms with Crippen LogP contribution in [0.15, 0.2) is 71.6 Å². The minimum atomic E-state index is -4.17. The van der Waals surface area contributed by atoms with Crippen LogP contribution in [0.1, 0.15) is 0 Å². The standard InChI is InChI=1S/C20H14Cl2F2N2O3S/c21-13-4-7-17(8-5-13)30(28,29)26(16-3-1-2-14(22)10-16)12-20(27)25-15-6-9-18(23)19(24)11-15/h1-11H,12H2,(H,25,27). The number of sulfonamides is 1. The van der Waals surface area contributed by atoms with Gasteiger partial charge in [0.2, 0.25) is 5.91 Å². The Balaban J connectivity index is 1.94. The van der Waals surface area contributed by atoms with Crippen molar-refractivity contribution in [1.29, 1.82) is 0 Å². The van der Waals surface area contributed by atoms with Crippen molar-refractivity contribution in [3.8, 4) is 0 Å². The molecule has 0 unspecified atom stereocenters. The topological polar surface area (TPSA) is 66.5 Å². The highest BCUT2D eigenvalue weighted by Crippen LogP contribution is 2.27. The largest absolute Gasteiger partial charge is 0.324 e. The Hall–Kier alpha value is -2.68. The Labute approximate surface area is 181 Å². The van der Waals surface area contributed by atoms with E-state index in [1.54, 1.807) is 6.07 Å². The van der Waals surface area contributed by atoms with Crippen LogP contribution in [0.4, 0.5) is 20.2 Å². The minimum absolute atomic E-state index is 0.0196. The van der Waals surface area contributed by atoms with Gasteiger partial charge in [-0.15, -0.1) is 0 Å². The molecule has 0 aromatic heterocycles. The lowest BCUT2D eigenvalue weighted by Crippen LogP contribution is -2.38. The van der Waals surface area contributed by atoms with Crippen molar-refractivity contribution in [2.45, 2.75) is 4.90 Å². The number of hydrogen-bond donors (Lipinski definition) is 1. The number of rotatable bonds is 6. The first-order valence-electron chi connectivity index (χ1n) is 8.45. The van der Waals surface area contributed by atoms with E-state index in [1.165, 1.54) is 42.5 Å². The number of carbonyl (C=O) groups excluding carboxylic acids is 1. The second-order valence-corrected chi connectivity index (χ2v) is 8.86. The molecule has 10 heteroatoms. The Morgan fingerprint density at radius 3 is 2.23 bits per heavy atom. The summed E-state index contributed by atoms with van der Waals surface area (Å²) in [5.74, 6) is -2.98. The summed E-state index contributed by atoms with van der Waals surface area (Å²) in [6, 6.07) is 14.2. The fraction of sp³-hybridized carbons (Fsp3) is 0.0500. The van der Waals surface area contributed by atoms with E-state index in [0.717, 1.165) is 22.5 Å². The van der Waals surface area contributed by atoms with Crippen molar-refractivity contribution < 1.29 is 22.0 Å². The van der Waals surface area contributed by atoms with Crippen molar-refractivity contribution in [2.24, 2.45) is 0 Å². The van der Waals surface area contributed by atoms with Gasteiger partial charge in [0, 0.05) is 21.8 Å². The number of nitrogens with zero attached hydrogens (tertiary/aromatic N) is 1. The Kier molecular flexibility index (Phi) is 6.60. The number of amides is 1. The van der Waals surface area contributed by atoms with Crippen molar-refractivity contribution >= 4 is 50.5 Å². The first kappa shape index (κ1) is 22.0. The smallest absolute Gasteiger partial charge is 0.264 e. The first-order valence-corrected chi connectivity index (χ1v) is 10.7. The van der Waals surface area contributed by atoms with Crippen molar-refractivity contribution in [1.82, 2.24) is 0 Å². The van der Waals surface area contributed by atoms with E-state index in [0.29, 0.717) is 5.02 Å². The third-order valence-electron chi connectivity index (χ3n) is 3.99. The predicted molar refractivity (Wildman–Crippen MR) is 112 cm³/mol. The van der Waals surface area contributed by atoms with Crippen LogP contribution in [0.5, 0.6) is 0 Å². The van der Waals surface area contributed by atoms with Gasteiger partial charge in [-0.05, 0) is 54.6 Å². The number of anilines is 2. The van der Waals surface area contributed by atoms with Crippen molar-refractivity contribution in [3.05, 3.63) is 88.4 Å². The summed E-state index contributed by atoms with van der Waals surface area (Å²) in [4.78, 5) is 12.4. The highest BCUT2D eigenvalue weighted by atomic mass is 35.5. The number of benzene rings is 3. The zero-order valence-corrected chi connectivity index (χ0v) is 17.5. The van der Waals surface area contributed by atoms with E-state index in [2.05, 4.69) is 5.32 Å². The summed E-state index contributed by atoms with van der Waals surface area (Å²) in [6.45, 7) is -0.635. The van der Waals surface area contributed by atoms with E-state index < -0.39 is 34.1 Å².